The Morgan fingerprint density at radius 2 is 1.95 bits per heavy atom. The van der Waals surface area contributed by atoms with Gasteiger partial charge in [0.05, 0.1) is 0 Å². The molecule has 3 rings (SSSR count). The maximum atomic E-state index is 6.28. The van der Waals surface area contributed by atoms with E-state index in [0.717, 1.165) is 21.6 Å². The number of hydrogen-bond acceptors (Lipinski definition) is 0. The third kappa shape index (κ3) is 2.56. The number of rotatable bonds is 2. The quantitative estimate of drug-likeness (QED) is 0.590. The molecule has 1 nitrogen and oxygen atoms in total. The molecule has 0 radical (unpaired) electrons. The fraction of sp³-hybridized carbons (Fsp3) is 0.125. The SMILES string of the molecule is Cc1ccc2c(ccn2Cc2ccc(Br)cc2Cl)c1. The van der Waals surface area contributed by atoms with E-state index in [4.69, 9.17) is 11.6 Å². The minimum Gasteiger partial charge on any atom is -0.343 e. The van der Waals surface area contributed by atoms with Crippen LogP contribution in [-0.4, -0.2) is 4.57 Å². The number of hydrogen-bond donors (Lipinski definition) is 0. The lowest BCUT2D eigenvalue weighted by atomic mass is 10.2. The summed E-state index contributed by atoms with van der Waals surface area (Å²) in [6, 6.07) is 14.7. The summed E-state index contributed by atoms with van der Waals surface area (Å²) in [5.74, 6) is 0. The van der Waals surface area contributed by atoms with Crippen LogP contribution >= 0.6 is 27.5 Å². The first-order valence-electron chi connectivity index (χ1n) is 6.13. The van der Waals surface area contributed by atoms with Crippen LogP contribution in [0.3, 0.4) is 0 Å². The van der Waals surface area contributed by atoms with Gasteiger partial charge in [-0.2, -0.15) is 0 Å². The van der Waals surface area contributed by atoms with Gasteiger partial charge >= 0.3 is 0 Å². The summed E-state index contributed by atoms with van der Waals surface area (Å²) in [4.78, 5) is 0. The molecule has 0 bridgehead atoms. The number of nitrogens with zero attached hydrogens (tertiary/aromatic N) is 1. The maximum Gasteiger partial charge on any atom is 0.0490 e. The van der Waals surface area contributed by atoms with Gasteiger partial charge < -0.3 is 4.57 Å². The average Bonchev–Trinajstić information content (AvgIpc) is 2.75. The largest absolute Gasteiger partial charge is 0.343 e. The molecule has 0 aliphatic carbocycles. The smallest absolute Gasteiger partial charge is 0.0490 e. The van der Waals surface area contributed by atoms with Crippen molar-refractivity contribution in [1.29, 1.82) is 0 Å². The predicted octanol–water partition coefficient (Wildman–Crippen LogP) is 5.41. The molecule has 0 spiro atoms. The molecule has 96 valence electrons. The lowest BCUT2D eigenvalue weighted by molar-refractivity contribution is 0.837. The Bertz CT molecular complexity index is 746. The lowest BCUT2D eigenvalue weighted by Crippen LogP contribution is -1.98. The van der Waals surface area contributed by atoms with Crippen molar-refractivity contribution < 1.29 is 0 Å². The minimum absolute atomic E-state index is 0.790. The average molecular weight is 335 g/mol. The fourth-order valence-electron chi connectivity index (χ4n) is 2.29. The molecule has 0 N–H and O–H groups in total. The number of fused-ring (bicyclic) bond motifs is 1. The van der Waals surface area contributed by atoms with E-state index in [1.54, 1.807) is 0 Å². The van der Waals surface area contributed by atoms with Crippen molar-refractivity contribution in [3.8, 4) is 0 Å². The zero-order chi connectivity index (χ0) is 13.4. The first kappa shape index (κ1) is 12.8. The maximum absolute atomic E-state index is 6.28. The summed E-state index contributed by atoms with van der Waals surface area (Å²) in [7, 11) is 0. The highest BCUT2D eigenvalue weighted by Crippen LogP contribution is 2.24. The van der Waals surface area contributed by atoms with Crippen molar-refractivity contribution in [3.63, 3.8) is 0 Å². The molecular formula is C16H13BrClN. The molecule has 0 aliphatic heterocycles. The first-order valence-corrected chi connectivity index (χ1v) is 7.30. The monoisotopic (exact) mass is 333 g/mol. The normalized spacial score (nSPS) is 11.1. The van der Waals surface area contributed by atoms with E-state index in [-0.39, 0.29) is 0 Å². The molecular weight excluding hydrogens is 322 g/mol. The van der Waals surface area contributed by atoms with Crippen LogP contribution in [0.1, 0.15) is 11.1 Å². The first-order chi connectivity index (χ1) is 9.13. The van der Waals surface area contributed by atoms with Crippen molar-refractivity contribution in [2.24, 2.45) is 0 Å². The Balaban J connectivity index is 2.01. The van der Waals surface area contributed by atoms with Gasteiger partial charge in [0.15, 0.2) is 0 Å². The molecule has 0 atom stereocenters. The topological polar surface area (TPSA) is 4.93 Å². The van der Waals surface area contributed by atoms with Gasteiger partial charge in [-0.15, -0.1) is 0 Å². The van der Waals surface area contributed by atoms with Crippen LogP contribution in [0.25, 0.3) is 10.9 Å². The van der Waals surface area contributed by atoms with Gasteiger partial charge in [-0.25, -0.2) is 0 Å². The highest BCUT2D eigenvalue weighted by atomic mass is 79.9. The molecule has 2 aromatic carbocycles. The molecule has 0 aliphatic rings. The van der Waals surface area contributed by atoms with E-state index >= 15 is 0 Å². The van der Waals surface area contributed by atoms with Crippen LogP contribution in [0.5, 0.6) is 0 Å². The summed E-state index contributed by atoms with van der Waals surface area (Å²) in [6.45, 7) is 2.90. The van der Waals surface area contributed by atoms with Gasteiger partial charge in [0.2, 0.25) is 0 Å². The van der Waals surface area contributed by atoms with Crippen molar-refractivity contribution in [2.45, 2.75) is 13.5 Å². The van der Waals surface area contributed by atoms with Crippen LogP contribution in [0.2, 0.25) is 5.02 Å². The Labute approximate surface area is 125 Å². The molecule has 1 aromatic heterocycles. The van der Waals surface area contributed by atoms with Crippen LogP contribution in [0.4, 0.5) is 0 Å². The van der Waals surface area contributed by atoms with Gasteiger partial charge in [-0.1, -0.05) is 45.2 Å². The fourth-order valence-corrected chi connectivity index (χ4v) is 3.02. The van der Waals surface area contributed by atoms with Crippen molar-refractivity contribution in [3.05, 3.63) is 69.3 Å². The Hall–Kier alpha value is -1.25. The lowest BCUT2D eigenvalue weighted by Gasteiger charge is -2.08. The molecule has 0 saturated carbocycles. The number of halogens is 2. The van der Waals surface area contributed by atoms with Crippen LogP contribution in [0, 0.1) is 6.92 Å². The van der Waals surface area contributed by atoms with E-state index in [1.807, 2.05) is 12.1 Å². The van der Waals surface area contributed by atoms with Gasteiger partial charge in [0, 0.05) is 27.8 Å². The van der Waals surface area contributed by atoms with Crippen molar-refractivity contribution in [1.82, 2.24) is 4.57 Å². The summed E-state index contributed by atoms with van der Waals surface area (Å²) >= 11 is 9.71. The number of aryl methyl sites for hydroxylation is 1. The van der Waals surface area contributed by atoms with Crippen LogP contribution in [-0.2, 0) is 6.54 Å². The van der Waals surface area contributed by atoms with Crippen LogP contribution in [0.15, 0.2) is 53.1 Å². The summed E-state index contributed by atoms with van der Waals surface area (Å²) in [5, 5.41) is 2.07. The van der Waals surface area contributed by atoms with Crippen molar-refractivity contribution >= 4 is 38.4 Å². The Morgan fingerprint density at radius 1 is 1.11 bits per heavy atom. The van der Waals surface area contributed by atoms with E-state index in [1.165, 1.54) is 16.5 Å². The second-order valence-electron chi connectivity index (χ2n) is 4.74. The predicted molar refractivity (Wildman–Crippen MR) is 84.9 cm³/mol. The molecule has 19 heavy (non-hydrogen) atoms. The van der Waals surface area contributed by atoms with E-state index in [2.05, 4.69) is 63.9 Å². The zero-order valence-corrected chi connectivity index (χ0v) is 12.9. The van der Waals surface area contributed by atoms with E-state index in [9.17, 15) is 0 Å². The van der Waals surface area contributed by atoms with Crippen LogP contribution < -0.4 is 0 Å². The highest BCUT2D eigenvalue weighted by molar-refractivity contribution is 9.10. The minimum atomic E-state index is 0.790. The standard InChI is InChI=1S/C16H13BrClN/c1-11-2-5-16-12(8-11)6-7-19(16)10-13-3-4-14(17)9-15(13)18/h2-9H,10H2,1H3. The Morgan fingerprint density at radius 3 is 2.74 bits per heavy atom. The number of aromatic nitrogens is 1. The summed E-state index contributed by atoms with van der Waals surface area (Å²) < 4.78 is 3.23. The molecule has 0 saturated heterocycles. The number of benzene rings is 2. The second-order valence-corrected chi connectivity index (χ2v) is 6.06. The third-order valence-corrected chi connectivity index (χ3v) is 4.13. The molecule has 3 aromatic rings. The van der Waals surface area contributed by atoms with Gasteiger partial charge in [-0.3, -0.25) is 0 Å². The molecule has 0 amide bonds. The molecule has 0 fully saturated rings. The summed E-state index contributed by atoms with van der Waals surface area (Å²) in [5.41, 5.74) is 3.65. The van der Waals surface area contributed by atoms with Gasteiger partial charge in [-0.05, 0) is 48.2 Å². The third-order valence-electron chi connectivity index (χ3n) is 3.28. The van der Waals surface area contributed by atoms with E-state index < -0.39 is 0 Å². The Kier molecular flexibility index (Phi) is 3.38. The van der Waals surface area contributed by atoms with Crippen molar-refractivity contribution in [2.75, 3.05) is 0 Å². The second kappa shape index (κ2) is 5.03. The van der Waals surface area contributed by atoms with E-state index in [0.29, 0.717) is 0 Å². The highest BCUT2D eigenvalue weighted by Gasteiger charge is 2.05. The molecule has 1 heterocycles. The molecule has 0 unspecified atom stereocenters. The summed E-state index contributed by atoms with van der Waals surface area (Å²) in [6.07, 6.45) is 2.11. The van der Waals surface area contributed by atoms with Gasteiger partial charge in [0.1, 0.15) is 0 Å². The zero-order valence-electron chi connectivity index (χ0n) is 10.5. The molecule has 3 heteroatoms. The van der Waals surface area contributed by atoms with Gasteiger partial charge in [0.25, 0.3) is 0 Å².